The van der Waals surface area contributed by atoms with Gasteiger partial charge in [-0.25, -0.2) is 8.42 Å². The minimum atomic E-state index is -3.50. The van der Waals surface area contributed by atoms with E-state index in [1.165, 1.54) is 39.9 Å². The van der Waals surface area contributed by atoms with Crippen molar-refractivity contribution in [1.82, 2.24) is 19.3 Å². The molecule has 0 radical (unpaired) electrons. The molecule has 0 atom stereocenters. The predicted molar refractivity (Wildman–Crippen MR) is 110 cm³/mol. The number of aromatic nitrogens is 2. The lowest BCUT2D eigenvalue weighted by atomic mass is 10.2. The second-order valence-corrected chi connectivity index (χ2v) is 9.76. The van der Waals surface area contributed by atoms with E-state index in [-0.39, 0.29) is 11.4 Å². The predicted octanol–water partition coefficient (Wildman–Crippen LogP) is 2.35. The molecule has 0 saturated carbocycles. The first-order valence-corrected chi connectivity index (χ1v) is 11.7. The first-order valence-electron chi connectivity index (χ1n) is 9.21. The Bertz CT molecular complexity index is 1100. The second-order valence-electron chi connectivity index (χ2n) is 6.84. The van der Waals surface area contributed by atoms with Gasteiger partial charge in [0.15, 0.2) is 0 Å². The number of hydrogen-bond acceptors (Lipinski definition) is 9. The van der Waals surface area contributed by atoms with E-state index in [9.17, 15) is 18.5 Å². The average molecular weight is 450 g/mol. The van der Waals surface area contributed by atoms with Crippen molar-refractivity contribution in [2.24, 2.45) is 0 Å². The first kappa shape index (κ1) is 20.6. The summed E-state index contributed by atoms with van der Waals surface area (Å²) >= 11 is 1.54. The van der Waals surface area contributed by atoms with Crippen molar-refractivity contribution in [2.75, 3.05) is 26.2 Å². The van der Waals surface area contributed by atoms with E-state index in [4.69, 9.17) is 4.52 Å². The molecule has 0 spiro atoms. The zero-order valence-electron chi connectivity index (χ0n) is 15.9. The van der Waals surface area contributed by atoms with Crippen LogP contribution >= 0.6 is 11.3 Å². The van der Waals surface area contributed by atoms with Crippen molar-refractivity contribution < 1.29 is 17.9 Å². The molecule has 0 N–H and O–H groups in total. The molecule has 1 aliphatic rings. The summed E-state index contributed by atoms with van der Waals surface area (Å²) in [6.07, 6.45) is 0. The number of rotatable bonds is 7. The number of sulfonamides is 1. The number of hydrogen-bond donors (Lipinski definition) is 0. The highest BCUT2D eigenvalue weighted by molar-refractivity contribution is 7.88. The molecular formula is C18H19N5O5S2. The molecule has 3 aromatic rings. The second kappa shape index (κ2) is 8.60. The SMILES string of the molecule is O=[N+]([O-])c1ccc(CS(=O)(=O)N2CCN(Cc3nc(-c4cccs4)no3)CC2)cc1. The van der Waals surface area contributed by atoms with Crippen LogP contribution in [0.3, 0.4) is 0 Å². The van der Waals surface area contributed by atoms with E-state index >= 15 is 0 Å². The van der Waals surface area contributed by atoms with Crippen LogP contribution in [0.1, 0.15) is 11.5 Å². The Morgan fingerprint density at radius 2 is 1.87 bits per heavy atom. The van der Waals surface area contributed by atoms with Gasteiger partial charge in [-0.3, -0.25) is 15.0 Å². The van der Waals surface area contributed by atoms with Gasteiger partial charge in [-0.1, -0.05) is 23.4 Å². The van der Waals surface area contributed by atoms with Crippen LogP contribution in [-0.4, -0.2) is 58.9 Å². The molecule has 3 heterocycles. The molecule has 1 fully saturated rings. The molecule has 10 nitrogen and oxygen atoms in total. The molecule has 30 heavy (non-hydrogen) atoms. The molecule has 0 aliphatic carbocycles. The Kier molecular flexibility index (Phi) is 5.90. The molecule has 4 rings (SSSR count). The van der Waals surface area contributed by atoms with E-state index < -0.39 is 14.9 Å². The number of benzene rings is 1. The van der Waals surface area contributed by atoms with Gasteiger partial charge in [0.1, 0.15) is 0 Å². The Morgan fingerprint density at radius 3 is 2.50 bits per heavy atom. The van der Waals surface area contributed by atoms with Gasteiger partial charge in [0.25, 0.3) is 5.69 Å². The quantitative estimate of drug-likeness (QED) is 0.398. The molecule has 158 valence electrons. The third-order valence-electron chi connectivity index (χ3n) is 4.79. The number of non-ortho nitro benzene ring substituents is 1. The lowest BCUT2D eigenvalue weighted by molar-refractivity contribution is -0.384. The number of nitro groups is 1. The average Bonchev–Trinajstić information content (AvgIpc) is 3.40. The van der Waals surface area contributed by atoms with E-state index in [0.717, 1.165) is 4.88 Å². The maximum atomic E-state index is 12.7. The number of nitro benzene ring substituents is 1. The van der Waals surface area contributed by atoms with Gasteiger partial charge in [-0.2, -0.15) is 9.29 Å². The standard InChI is InChI=1S/C18H19N5O5S2/c24-23(25)15-5-3-14(4-6-15)13-30(26,27)22-9-7-21(8-10-22)12-17-19-18(20-28-17)16-2-1-11-29-16/h1-6,11H,7-10,12-13H2. The Morgan fingerprint density at radius 1 is 1.13 bits per heavy atom. The molecule has 0 unspecified atom stereocenters. The van der Waals surface area contributed by atoms with Crippen LogP contribution in [0, 0.1) is 10.1 Å². The van der Waals surface area contributed by atoms with Gasteiger partial charge < -0.3 is 4.52 Å². The van der Waals surface area contributed by atoms with Crippen molar-refractivity contribution in [3.63, 3.8) is 0 Å². The monoisotopic (exact) mass is 449 g/mol. The van der Waals surface area contributed by atoms with E-state index in [2.05, 4.69) is 15.0 Å². The maximum Gasteiger partial charge on any atom is 0.269 e. The summed E-state index contributed by atoms with van der Waals surface area (Å²) in [5.74, 6) is 0.878. The number of nitrogens with zero attached hydrogens (tertiary/aromatic N) is 5. The minimum Gasteiger partial charge on any atom is -0.338 e. The smallest absolute Gasteiger partial charge is 0.269 e. The molecule has 0 amide bonds. The zero-order chi connectivity index (χ0) is 21.1. The summed E-state index contributed by atoms with van der Waals surface area (Å²) in [4.78, 5) is 17.6. The van der Waals surface area contributed by atoms with Crippen LogP contribution < -0.4 is 0 Å². The van der Waals surface area contributed by atoms with Crippen LogP contribution in [0.4, 0.5) is 5.69 Å². The maximum absolute atomic E-state index is 12.7. The summed E-state index contributed by atoms with van der Waals surface area (Å²) in [7, 11) is -3.50. The lowest BCUT2D eigenvalue weighted by Crippen LogP contribution is -2.48. The summed E-state index contributed by atoms with van der Waals surface area (Å²) in [5, 5.41) is 16.7. The lowest BCUT2D eigenvalue weighted by Gasteiger charge is -2.33. The Balaban J connectivity index is 1.31. The van der Waals surface area contributed by atoms with Crippen molar-refractivity contribution in [3.05, 3.63) is 63.3 Å². The highest BCUT2D eigenvalue weighted by Gasteiger charge is 2.28. The number of thiophene rings is 1. The Labute approximate surface area is 176 Å². The van der Waals surface area contributed by atoms with Crippen LogP contribution in [0.5, 0.6) is 0 Å². The van der Waals surface area contributed by atoms with Crippen molar-refractivity contribution in [3.8, 4) is 10.7 Å². The largest absolute Gasteiger partial charge is 0.338 e. The van der Waals surface area contributed by atoms with Gasteiger partial charge in [-0.05, 0) is 17.0 Å². The van der Waals surface area contributed by atoms with E-state index in [1.807, 2.05) is 17.5 Å². The topological polar surface area (TPSA) is 123 Å². The van der Waals surface area contributed by atoms with Crippen LogP contribution in [0.25, 0.3) is 10.7 Å². The van der Waals surface area contributed by atoms with Crippen molar-refractivity contribution in [1.29, 1.82) is 0 Å². The van der Waals surface area contributed by atoms with Gasteiger partial charge in [0.2, 0.25) is 21.7 Å². The first-order chi connectivity index (χ1) is 14.4. The normalized spacial score (nSPS) is 16.0. The van der Waals surface area contributed by atoms with E-state index in [0.29, 0.717) is 50.0 Å². The van der Waals surface area contributed by atoms with Crippen LogP contribution in [-0.2, 0) is 22.3 Å². The minimum absolute atomic E-state index is 0.0620. The fraction of sp³-hybridized carbons (Fsp3) is 0.333. The van der Waals surface area contributed by atoms with Gasteiger partial charge in [0, 0.05) is 38.3 Å². The summed E-state index contributed by atoms with van der Waals surface area (Å²) in [6.45, 7) is 2.30. The molecule has 0 bridgehead atoms. The van der Waals surface area contributed by atoms with Crippen molar-refractivity contribution in [2.45, 2.75) is 12.3 Å². The molecular weight excluding hydrogens is 430 g/mol. The summed E-state index contributed by atoms with van der Waals surface area (Å²) < 4.78 is 32.2. The molecule has 2 aromatic heterocycles. The van der Waals surface area contributed by atoms with Gasteiger partial charge in [-0.15, -0.1) is 11.3 Å². The van der Waals surface area contributed by atoms with Gasteiger partial charge in [0.05, 0.1) is 22.1 Å². The van der Waals surface area contributed by atoms with Crippen LogP contribution in [0.15, 0.2) is 46.3 Å². The fourth-order valence-corrected chi connectivity index (χ4v) is 5.36. The molecule has 1 aliphatic heterocycles. The van der Waals surface area contributed by atoms with E-state index in [1.54, 1.807) is 0 Å². The molecule has 1 aromatic carbocycles. The van der Waals surface area contributed by atoms with Crippen molar-refractivity contribution >= 4 is 27.0 Å². The van der Waals surface area contributed by atoms with Gasteiger partial charge >= 0.3 is 0 Å². The van der Waals surface area contributed by atoms with Crippen LogP contribution in [0.2, 0.25) is 0 Å². The molecule has 12 heteroatoms. The highest BCUT2D eigenvalue weighted by Crippen LogP contribution is 2.22. The third-order valence-corrected chi connectivity index (χ3v) is 7.51. The zero-order valence-corrected chi connectivity index (χ0v) is 17.5. The molecule has 1 saturated heterocycles. The highest BCUT2D eigenvalue weighted by atomic mass is 32.2. The fourth-order valence-electron chi connectivity index (χ4n) is 3.20. The third kappa shape index (κ3) is 4.73. The summed E-state index contributed by atoms with van der Waals surface area (Å²) in [6, 6.07) is 9.44. The Hall–Kier alpha value is -2.67. The summed E-state index contributed by atoms with van der Waals surface area (Å²) in [5.41, 5.74) is 0.461. The number of piperazine rings is 1.